The Morgan fingerprint density at radius 1 is 0.512 bits per heavy atom. The Morgan fingerprint density at radius 3 is 1.49 bits per heavy atom. The highest BCUT2D eigenvalue weighted by molar-refractivity contribution is 7.80. The number of aliphatic carboxylic acids is 2. The maximum absolute atomic E-state index is 14.6. The highest BCUT2D eigenvalue weighted by atomic mass is 32.1. The molecule has 8 amide bonds. The summed E-state index contributed by atoms with van der Waals surface area (Å²) < 4.78 is 0. The topological polar surface area (TPSA) is 416 Å². The Morgan fingerprint density at radius 2 is 0.950 bits per heavy atom. The Labute approximate surface area is 472 Å². The van der Waals surface area contributed by atoms with Crippen LogP contribution in [0.1, 0.15) is 56.2 Å². The zero-order valence-corrected chi connectivity index (χ0v) is 45.8. The van der Waals surface area contributed by atoms with Gasteiger partial charge in [-0.1, -0.05) is 78.9 Å². The molecule has 3 aromatic carbocycles. The number of aliphatic hydroxyl groups is 2. The molecule has 0 saturated carbocycles. The van der Waals surface area contributed by atoms with E-state index in [1.165, 1.54) is 0 Å². The number of thiol groups is 2. The summed E-state index contributed by atoms with van der Waals surface area (Å²) in [6.45, 7) is 2.45. The average Bonchev–Trinajstić information content (AvgIpc) is 3.85. The van der Waals surface area contributed by atoms with Crippen molar-refractivity contribution < 1.29 is 68.4 Å². The fourth-order valence-corrected chi connectivity index (χ4v) is 8.73. The molecule has 4 aromatic rings. The number of carbonyl (C=O) groups is 10. The summed E-state index contributed by atoms with van der Waals surface area (Å²) in [5.74, 6) is -11.6. The summed E-state index contributed by atoms with van der Waals surface area (Å²) in [6, 6.07) is 10.3. The number of nitrogens with one attached hydrogen (secondary N) is 9. The normalized spacial score (nSPS) is 15.3. The molecule has 0 spiro atoms. The van der Waals surface area contributed by atoms with E-state index < -0.39 is 138 Å². The van der Waals surface area contributed by atoms with Gasteiger partial charge in [-0.15, -0.1) is 0 Å². The number of nitrogens with two attached hydrogens (primary N) is 2. The molecule has 0 saturated heterocycles. The van der Waals surface area contributed by atoms with E-state index in [-0.39, 0.29) is 44.4 Å². The molecular weight excluding hydrogens is 1080 g/mol. The molecule has 0 aliphatic heterocycles. The fourth-order valence-electron chi connectivity index (χ4n) is 8.21. The Balaban J connectivity index is 1.62. The van der Waals surface area contributed by atoms with Crippen molar-refractivity contribution in [3.63, 3.8) is 0 Å². The van der Waals surface area contributed by atoms with Crippen LogP contribution in [0.4, 0.5) is 0 Å². The maximum Gasteiger partial charge on any atom is 0.328 e. The number of hydrogen-bond acceptors (Lipinski definition) is 16. The van der Waals surface area contributed by atoms with Gasteiger partial charge in [0.15, 0.2) is 6.04 Å². The molecule has 80 heavy (non-hydrogen) atoms. The van der Waals surface area contributed by atoms with Gasteiger partial charge in [-0.3, -0.25) is 43.2 Å². The minimum atomic E-state index is -1.90. The van der Waals surface area contributed by atoms with Gasteiger partial charge in [0.1, 0.15) is 42.3 Å². The second-order valence-corrected chi connectivity index (χ2v) is 19.7. The first-order valence-corrected chi connectivity index (χ1v) is 26.9. The zero-order valence-electron chi connectivity index (χ0n) is 44.0. The predicted octanol–water partition coefficient (Wildman–Crippen LogP) is -2.29. The predicted molar refractivity (Wildman–Crippen MR) is 300 cm³/mol. The van der Waals surface area contributed by atoms with Crippen LogP contribution in [0.5, 0.6) is 0 Å². The Kier molecular flexibility index (Phi) is 26.4. The molecule has 17 N–H and O–H groups in total. The average molecular weight is 1150 g/mol. The molecule has 0 radical (unpaired) electrons. The number of unbranched alkanes of at least 4 members (excludes halogenated alkanes) is 1. The number of para-hydroxylation sites is 1. The first kappa shape index (κ1) is 65.0. The minimum absolute atomic E-state index is 0.112. The summed E-state index contributed by atoms with van der Waals surface area (Å²) in [6.07, 6.45) is -2.47. The minimum Gasteiger partial charge on any atom is -0.481 e. The van der Waals surface area contributed by atoms with Gasteiger partial charge in [-0.05, 0) is 68.8 Å². The van der Waals surface area contributed by atoms with Crippen molar-refractivity contribution in [1.29, 1.82) is 0 Å². The number of rotatable bonds is 33. The molecule has 25 nitrogen and oxygen atoms in total. The van der Waals surface area contributed by atoms with E-state index in [9.17, 15) is 68.4 Å². The van der Waals surface area contributed by atoms with Gasteiger partial charge < -0.3 is 79.4 Å². The van der Waals surface area contributed by atoms with Crippen LogP contribution in [0.25, 0.3) is 10.9 Å². The van der Waals surface area contributed by atoms with Crippen LogP contribution in [0, 0.1) is 0 Å². The van der Waals surface area contributed by atoms with Gasteiger partial charge in [0.05, 0.1) is 24.7 Å². The molecule has 0 aliphatic carbocycles. The smallest absolute Gasteiger partial charge is 0.328 e. The third-order valence-electron chi connectivity index (χ3n) is 12.6. The molecule has 0 aliphatic rings. The maximum atomic E-state index is 14.6. The standard InChI is InChI=1S/C53H71N11O14S2/c1-28(65)43(52(76)62-41(27-80)51(75)64-44(29(2)66)53(77)78)63-46(70)36(19-11-12-20-54)57-48(72)38(23-32-25-56-35-18-10-9-17-33(32)35)59-49(73)39(24-42(67)68)60-47(71)37(22-31-15-7-4-8-16-31)58-50(74)40(26-79)61-45(69)34(55)21-30-13-5-3-6-14-30/h3-10,13-18,25,28-29,34,36-41,43-44,56,65-66,79-80H,11-12,19-24,26-27,54-55H2,1-2H3,(H,57,72)(H,58,74)(H,59,73)(H,60,71)(H,61,69)(H,62,76)(H,63,70)(H,64,75)(H,67,68)(H,77,78)/t28-,29-,34+,36+,37+,38+,39+,40+,41+,43+,44+/m1/s1. The quantitative estimate of drug-likeness (QED) is 0.0176. The Hall–Kier alpha value is -7.56. The van der Waals surface area contributed by atoms with Crippen LogP contribution in [0.2, 0.25) is 0 Å². The first-order chi connectivity index (χ1) is 38.1. The lowest BCUT2D eigenvalue weighted by Crippen LogP contribution is -2.62. The van der Waals surface area contributed by atoms with Crippen molar-refractivity contribution in [2.75, 3.05) is 18.1 Å². The van der Waals surface area contributed by atoms with Crippen molar-refractivity contribution in [3.05, 3.63) is 108 Å². The monoisotopic (exact) mass is 1150 g/mol. The van der Waals surface area contributed by atoms with E-state index >= 15 is 0 Å². The SMILES string of the molecule is C[C@@H](O)[C@H](NC(=O)[C@H](CS)NC(=O)[C@@H](NC(=O)[C@H](CCCCN)NC(=O)[C@H](Cc1c[nH]c2ccccc12)NC(=O)[C@H](CC(=O)O)NC(=O)[C@H](Cc1ccccc1)NC(=O)[C@H](CS)NC(=O)[C@@H](N)Cc1ccccc1)[C@@H](C)O)C(=O)O. The zero-order chi connectivity index (χ0) is 59.1. The van der Waals surface area contributed by atoms with Crippen LogP contribution >= 0.6 is 25.3 Å². The van der Waals surface area contributed by atoms with Crippen LogP contribution in [-0.4, -0.2) is 169 Å². The lowest BCUT2D eigenvalue weighted by Gasteiger charge is -2.28. The van der Waals surface area contributed by atoms with E-state index in [0.29, 0.717) is 28.5 Å². The number of aliphatic hydroxyl groups excluding tert-OH is 2. The number of carboxylic acids is 2. The van der Waals surface area contributed by atoms with Crippen LogP contribution < -0.4 is 54.0 Å². The third-order valence-corrected chi connectivity index (χ3v) is 13.3. The molecule has 0 bridgehead atoms. The number of aromatic amines is 1. The molecule has 0 unspecified atom stereocenters. The number of H-pyrrole nitrogens is 1. The highest BCUT2D eigenvalue weighted by Gasteiger charge is 2.37. The van der Waals surface area contributed by atoms with Crippen molar-refractivity contribution in [2.45, 2.75) is 125 Å². The van der Waals surface area contributed by atoms with Crippen LogP contribution in [0.15, 0.2) is 91.1 Å². The van der Waals surface area contributed by atoms with Gasteiger partial charge in [-0.25, -0.2) is 4.79 Å². The van der Waals surface area contributed by atoms with Gasteiger partial charge in [0.25, 0.3) is 0 Å². The van der Waals surface area contributed by atoms with E-state index in [1.807, 2.05) is 0 Å². The fraction of sp³-hybridized carbons (Fsp3) is 0.434. The van der Waals surface area contributed by atoms with Gasteiger partial charge >= 0.3 is 11.9 Å². The van der Waals surface area contributed by atoms with E-state index in [4.69, 9.17) is 11.5 Å². The van der Waals surface area contributed by atoms with Crippen molar-refractivity contribution in [3.8, 4) is 0 Å². The summed E-state index contributed by atoms with van der Waals surface area (Å²) in [4.78, 5) is 138. The molecule has 11 atom stereocenters. The van der Waals surface area contributed by atoms with Crippen molar-refractivity contribution >= 4 is 95.4 Å². The van der Waals surface area contributed by atoms with E-state index in [1.54, 1.807) is 91.1 Å². The molecular formula is C53H71N11O14S2. The number of hydrogen-bond donors (Lipinski definition) is 17. The summed E-state index contributed by atoms with van der Waals surface area (Å²) in [5, 5.41) is 60.1. The van der Waals surface area contributed by atoms with E-state index in [0.717, 1.165) is 19.4 Å². The summed E-state index contributed by atoms with van der Waals surface area (Å²) >= 11 is 8.32. The van der Waals surface area contributed by atoms with Crippen LogP contribution in [-0.2, 0) is 67.2 Å². The number of carbonyl (C=O) groups excluding carboxylic acids is 8. The lowest BCUT2D eigenvalue weighted by molar-refractivity contribution is -0.145. The molecule has 1 aromatic heterocycles. The number of aromatic nitrogens is 1. The van der Waals surface area contributed by atoms with Gasteiger partial charge in [-0.2, -0.15) is 25.3 Å². The van der Waals surface area contributed by atoms with E-state index in [2.05, 4.69) is 72.8 Å². The van der Waals surface area contributed by atoms with Crippen molar-refractivity contribution in [1.82, 2.24) is 47.5 Å². The largest absolute Gasteiger partial charge is 0.481 e. The van der Waals surface area contributed by atoms with Gasteiger partial charge in [0.2, 0.25) is 47.3 Å². The van der Waals surface area contributed by atoms with Gasteiger partial charge in [0, 0.05) is 41.4 Å². The molecule has 1 heterocycles. The summed E-state index contributed by atoms with van der Waals surface area (Å²) in [5.41, 5.74) is 14.4. The second kappa shape index (κ2) is 32.5. The second-order valence-electron chi connectivity index (χ2n) is 19.0. The van der Waals surface area contributed by atoms with Crippen molar-refractivity contribution in [2.24, 2.45) is 11.5 Å². The molecule has 434 valence electrons. The lowest BCUT2D eigenvalue weighted by atomic mass is 10.0. The number of benzene rings is 3. The van der Waals surface area contributed by atoms with Crippen LogP contribution in [0.3, 0.4) is 0 Å². The Bertz CT molecular complexity index is 2750. The number of fused-ring (bicyclic) bond motifs is 1. The summed E-state index contributed by atoms with van der Waals surface area (Å²) in [7, 11) is 0. The molecule has 27 heteroatoms. The molecule has 0 fully saturated rings. The number of carboxylic acid groups (broad SMARTS) is 2. The highest BCUT2D eigenvalue weighted by Crippen LogP contribution is 2.20. The number of amides is 8. The first-order valence-electron chi connectivity index (χ1n) is 25.6. The third kappa shape index (κ3) is 20.3. The molecule has 4 rings (SSSR count).